The Balaban J connectivity index is 2.77. The van der Waals surface area contributed by atoms with Gasteiger partial charge in [0, 0.05) is 6.61 Å². The van der Waals surface area contributed by atoms with Crippen LogP contribution in [0.5, 0.6) is 0 Å². The molecule has 0 spiro atoms. The second kappa shape index (κ2) is 9.08. The number of benzene rings is 1. The van der Waals surface area contributed by atoms with E-state index in [0.717, 1.165) is 17.5 Å². The van der Waals surface area contributed by atoms with Crippen molar-refractivity contribution in [2.75, 3.05) is 13.2 Å². The molecule has 0 saturated carbocycles. The molecule has 1 aromatic rings. The molecule has 0 fully saturated rings. The maximum Gasteiger partial charge on any atom is 0.318 e. The van der Waals surface area contributed by atoms with E-state index in [0.29, 0.717) is 12.4 Å². The highest BCUT2D eigenvalue weighted by molar-refractivity contribution is 5.94. The zero-order valence-corrected chi connectivity index (χ0v) is 12.8. The number of hydrogen-bond donors (Lipinski definition) is 0. The minimum Gasteiger partial charge on any atom is -0.428 e. The molecule has 1 aromatic carbocycles. The Morgan fingerprint density at radius 2 is 1.86 bits per heavy atom. The quantitative estimate of drug-likeness (QED) is 0.319. The Labute approximate surface area is 125 Å². The van der Waals surface area contributed by atoms with Gasteiger partial charge in [-0.05, 0) is 31.9 Å². The fraction of sp³-hybridized carbons (Fsp3) is 0.412. The van der Waals surface area contributed by atoms with Crippen molar-refractivity contribution in [3.05, 3.63) is 41.2 Å². The van der Waals surface area contributed by atoms with Crippen molar-refractivity contribution in [1.29, 1.82) is 0 Å². The number of hydrogen-bond acceptors (Lipinski definition) is 4. The van der Waals surface area contributed by atoms with Gasteiger partial charge in [0.15, 0.2) is 0 Å². The van der Waals surface area contributed by atoms with Gasteiger partial charge in [0.2, 0.25) is 0 Å². The summed E-state index contributed by atoms with van der Waals surface area (Å²) in [6, 6.07) is 7.84. The van der Waals surface area contributed by atoms with Crippen molar-refractivity contribution in [2.24, 2.45) is 0 Å². The molecule has 0 N–H and O–H groups in total. The van der Waals surface area contributed by atoms with Crippen LogP contribution in [0.1, 0.15) is 37.8 Å². The van der Waals surface area contributed by atoms with Gasteiger partial charge < -0.3 is 9.47 Å². The highest BCUT2D eigenvalue weighted by Gasteiger charge is 2.10. The first-order valence-electron chi connectivity index (χ1n) is 7.06. The first-order chi connectivity index (χ1) is 10.0. The fourth-order valence-electron chi connectivity index (χ4n) is 1.65. The lowest BCUT2D eigenvalue weighted by Gasteiger charge is -2.09. The van der Waals surface area contributed by atoms with Gasteiger partial charge in [0.1, 0.15) is 24.6 Å². The van der Waals surface area contributed by atoms with Crippen LogP contribution in [-0.4, -0.2) is 25.0 Å². The first-order valence-corrected chi connectivity index (χ1v) is 7.06. The summed E-state index contributed by atoms with van der Waals surface area (Å²) >= 11 is 0. The second-order valence-electron chi connectivity index (χ2n) is 4.93. The molecule has 0 aromatic heterocycles. The normalized spacial score (nSPS) is 11.3. The van der Waals surface area contributed by atoms with Gasteiger partial charge in [-0.3, -0.25) is 9.59 Å². The number of carbonyl (C=O) groups is 2. The lowest BCUT2D eigenvalue weighted by Crippen LogP contribution is -2.12. The number of ketones is 1. The van der Waals surface area contributed by atoms with E-state index in [4.69, 9.17) is 9.47 Å². The molecule has 1 rings (SSSR count). The predicted octanol–water partition coefficient (Wildman–Crippen LogP) is 3.28. The van der Waals surface area contributed by atoms with E-state index in [1.165, 1.54) is 6.92 Å². The Hall–Kier alpha value is -1.94. The van der Waals surface area contributed by atoms with E-state index in [9.17, 15) is 9.59 Å². The topological polar surface area (TPSA) is 52.6 Å². The SMILES string of the molecule is CCCOC/C(=C\c1ccc(C)cc1)OC(=O)CC(C)=O. The van der Waals surface area contributed by atoms with Crippen molar-refractivity contribution in [2.45, 2.75) is 33.6 Å². The van der Waals surface area contributed by atoms with Crippen molar-refractivity contribution >= 4 is 17.8 Å². The van der Waals surface area contributed by atoms with Crippen molar-refractivity contribution in [3.63, 3.8) is 0 Å². The summed E-state index contributed by atoms with van der Waals surface area (Å²) in [5.74, 6) is -0.358. The van der Waals surface area contributed by atoms with Crippen molar-refractivity contribution in [3.8, 4) is 0 Å². The molecule has 0 aliphatic rings. The summed E-state index contributed by atoms with van der Waals surface area (Å²) in [6.07, 6.45) is 2.42. The van der Waals surface area contributed by atoms with Crippen LogP contribution in [0.2, 0.25) is 0 Å². The number of esters is 1. The molecular weight excluding hydrogens is 268 g/mol. The highest BCUT2D eigenvalue weighted by Crippen LogP contribution is 2.11. The summed E-state index contributed by atoms with van der Waals surface area (Å²) in [5, 5.41) is 0. The Morgan fingerprint density at radius 3 is 2.43 bits per heavy atom. The zero-order valence-electron chi connectivity index (χ0n) is 12.8. The van der Waals surface area contributed by atoms with Crippen LogP contribution in [0.15, 0.2) is 30.0 Å². The molecule has 0 saturated heterocycles. The van der Waals surface area contributed by atoms with E-state index in [1.807, 2.05) is 38.1 Å². The van der Waals surface area contributed by atoms with Crippen LogP contribution in [0.25, 0.3) is 6.08 Å². The molecular formula is C17H22O4. The summed E-state index contributed by atoms with van der Waals surface area (Å²) in [7, 11) is 0. The lowest BCUT2D eigenvalue weighted by atomic mass is 10.1. The van der Waals surface area contributed by atoms with Gasteiger partial charge in [-0.2, -0.15) is 0 Å². The van der Waals surface area contributed by atoms with E-state index >= 15 is 0 Å². The standard InChI is InChI=1S/C17H22O4/c1-4-9-20-12-16(21-17(19)10-14(3)18)11-15-7-5-13(2)6-8-15/h5-8,11H,4,9-10,12H2,1-3H3/b16-11+. The largest absolute Gasteiger partial charge is 0.428 e. The third-order valence-corrected chi connectivity index (χ3v) is 2.64. The first kappa shape index (κ1) is 17.1. The highest BCUT2D eigenvalue weighted by atomic mass is 16.6. The van der Waals surface area contributed by atoms with Crippen LogP contribution in [0.3, 0.4) is 0 Å². The van der Waals surface area contributed by atoms with E-state index in [1.54, 1.807) is 6.08 Å². The molecule has 0 atom stereocenters. The van der Waals surface area contributed by atoms with E-state index in [2.05, 4.69) is 0 Å². The summed E-state index contributed by atoms with van der Waals surface area (Å²) in [4.78, 5) is 22.5. The third-order valence-electron chi connectivity index (χ3n) is 2.64. The zero-order chi connectivity index (χ0) is 15.7. The van der Waals surface area contributed by atoms with Gasteiger partial charge >= 0.3 is 5.97 Å². The smallest absolute Gasteiger partial charge is 0.318 e. The van der Waals surface area contributed by atoms with Gasteiger partial charge in [0.05, 0.1) is 0 Å². The van der Waals surface area contributed by atoms with Gasteiger partial charge in [-0.1, -0.05) is 36.8 Å². The number of aryl methyl sites for hydroxylation is 1. The fourth-order valence-corrected chi connectivity index (χ4v) is 1.65. The molecule has 0 amide bonds. The minimum atomic E-state index is -0.555. The van der Waals surface area contributed by atoms with Crippen LogP contribution in [0.4, 0.5) is 0 Å². The Kier molecular flexibility index (Phi) is 7.40. The maximum atomic E-state index is 11.6. The monoisotopic (exact) mass is 290 g/mol. The molecule has 0 aliphatic carbocycles. The third kappa shape index (κ3) is 7.42. The molecule has 4 heteroatoms. The number of carbonyl (C=O) groups excluding carboxylic acids is 2. The molecule has 4 nitrogen and oxygen atoms in total. The second-order valence-corrected chi connectivity index (χ2v) is 4.93. The van der Waals surface area contributed by atoms with Gasteiger partial charge in [-0.15, -0.1) is 0 Å². The molecule has 0 bridgehead atoms. The molecule has 114 valence electrons. The van der Waals surface area contributed by atoms with Crippen LogP contribution in [0, 0.1) is 6.92 Å². The van der Waals surface area contributed by atoms with Crippen molar-refractivity contribution < 1.29 is 19.1 Å². The molecule has 0 heterocycles. The maximum absolute atomic E-state index is 11.6. The van der Waals surface area contributed by atoms with E-state index < -0.39 is 5.97 Å². The predicted molar refractivity (Wildman–Crippen MR) is 81.7 cm³/mol. The Bertz CT molecular complexity index is 500. The summed E-state index contributed by atoms with van der Waals surface area (Å²) in [5.41, 5.74) is 2.08. The van der Waals surface area contributed by atoms with Crippen LogP contribution >= 0.6 is 0 Å². The summed E-state index contributed by atoms with van der Waals surface area (Å²) in [6.45, 7) is 6.18. The van der Waals surface area contributed by atoms with Crippen molar-refractivity contribution in [1.82, 2.24) is 0 Å². The van der Waals surface area contributed by atoms with E-state index in [-0.39, 0.29) is 18.8 Å². The Morgan fingerprint density at radius 1 is 1.19 bits per heavy atom. The van der Waals surface area contributed by atoms with Crippen LogP contribution in [-0.2, 0) is 19.1 Å². The van der Waals surface area contributed by atoms with Gasteiger partial charge in [0.25, 0.3) is 0 Å². The number of rotatable bonds is 8. The average molecular weight is 290 g/mol. The van der Waals surface area contributed by atoms with Gasteiger partial charge in [-0.25, -0.2) is 0 Å². The molecule has 21 heavy (non-hydrogen) atoms. The number of ether oxygens (including phenoxy) is 2. The minimum absolute atomic E-state index is 0.214. The summed E-state index contributed by atoms with van der Waals surface area (Å²) < 4.78 is 10.6. The molecule has 0 aliphatic heterocycles. The molecule has 0 radical (unpaired) electrons. The molecule has 0 unspecified atom stereocenters. The number of Topliss-reactive ketones (excluding diaryl/α,β-unsaturated/α-hetero) is 1. The lowest BCUT2D eigenvalue weighted by molar-refractivity contribution is -0.142. The van der Waals surface area contributed by atoms with Crippen LogP contribution < -0.4 is 0 Å². The average Bonchev–Trinajstić information content (AvgIpc) is 2.40.